The molecule has 2 amide bonds. The molecule has 9 nitrogen and oxygen atoms in total. The van der Waals surface area contributed by atoms with Crippen LogP contribution in [0, 0.1) is 5.92 Å². The SMILES string of the molecule is O=C(CCC1NNC2CCCCC21)N1CCN(C(=O)c2ncn[nH]2)CC1. The lowest BCUT2D eigenvalue weighted by Crippen LogP contribution is -2.51. The van der Waals surface area contributed by atoms with Crippen LogP contribution >= 0.6 is 0 Å². The lowest BCUT2D eigenvalue weighted by molar-refractivity contribution is -0.132. The third kappa shape index (κ3) is 3.59. The molecule has 0 spiro atoms. The molecular weight excluding hydrogens is 334 g/mol. The third-order valence-corrected chi connectivity index (χ3v) is 6.00. The molecule has 1 aromatic rings. The number of amides is 2. The Morgan fingerprint density at radius 2 is 1.85 bits per heavy atom. The molecule has 1 aromatic heterocycles. The summed E-state index contributed by atoms with van der Waals surface area (Å²) in [6, 6.07) is 0.980. The van der Waals surface area contributed by atoms with E-state index >= 15 is 0 Å². The van der Waals surface area contributed by atoms with Crippen molar-refractivity contribution in [1.82, 2.24) is 35.8 Å². The lowest BCUT2D eigenvalue weighted by Gasteiger charge is -2.34. The highest BCUT2D eigenvalue weighted by Gasteiger charge is 2.37. The van der Waals surface area contributed by atoms with E-state index in [4.69, 9.17) is 0 Å². The van der Waals surface area contributed by atoms with Gasteiger partial charge >= 0.3 is 0 Å². The van der Waals surface area contributed by atoms with Gasteiger partial charge in [-0.1, -0.05) is 12.8 Å². The molecule has 3 N–H and O–H groups in total. The number of hydrogen-bond donors (Lipinski definition) is 3. The Bertz CT molecular complexity index is 627. The van der Waals surface area contributed by atoms with Crippen molar-refractivity contribution in [2.75, 3.05) is 26.2 Å². The van der Waals surface area contributed by atoms with Crippen LogP contribution in [0.25, 0.3) is 0 Å². The number of hydrogen-bond acceptors (Lipinski definition) is 6. The molecule has 9 heteroatoms. The summed E-state index contributed by atoms with van der Waals surface area (Å²) in [5.74, 6) is 0.955. The summed E-state index contributed by atoms with van der Waals surface area (Å²) in [6.07, 6.45) is 7.88. The molecule has 1 saturated carbocycles. The van der Waals surface area contributed by atoms with Crippen LogP contribution in [0.1, 0.15) is 49.1 Å². The summed E-state index contributed by atoms with van der Waals surface area (Å²) >= 11 is 0. The largest absolute Gasteiger partial charge is 0.339 e. The maximum absolute atomic E-state index is 12.6. The van der Waals surface area contributed by atoms with Gasteiger partial charge in [0.2, 0.25) is 11.7 Å². The molecule has 2 aliphatic heterocycles. The molecule has 3 heterocycles. The number of rotatable bonds is 4. The second kappa shape index (κ2) is 7.71. The molecule has 26 heavy (non-hydrogen) atoms. The molecular formula is C17H27N7O2. The predicted octanol–water partition coefficient (Wildman–Crippen LogP) is -0.0955. The van der Waals surface area contributed by atoms with Crippen molar-refractivity contribution in [2.45, 2.75) is 50.6 Å². The van der Waals surface area contributed by atoms with Crippen molar-refractivity contribution in [3.63, 3.8) is 0 Å². The van der Waals surface area contributed by atoms with E-state index in [0.717, 1.165) is 6.42 Å². The first-order chi connectivity index (χ1) is 12.7. The van der Waals surface area contributed by atoms with Crippen LogP contribution in [-0.4, -0.2) is 75.1 Å². The second-order valence-corrected chi connectivity index (χ2v) is 7.50. The fourth-order valence-corrected chi connectivity index (χ4v) is 4.48. The average Bonchev–Trinajstić information content (AvgIpc) is 3.36. The summed E-state index contributed by atoms with van der Waals surface area (Å²) in [6.45, 7) is 2.25. The van der Waals surface area contributed by atoms with Crippen molar-refractivity contribution in [1.29, 1.82) is 0 Å². The van der Waals surface area contributed by atoms with E-state index in [-0.39, 0.29) is 17.6 Å². The number of H-pyrrole nitrogens is 1. The van der Waals surface area contributed by atoms with Crippen LogP contribution < -0.4 is 10.9 Å². The van der Waals surface area contributed by atoms with Crippen LogP contribution in [0.15, 0.2) is 6.33 Å². The minimum atomic E-state index is -0.154. The monoisotopic (exact) mass is 361 g/mol. The van der Waals surface area contributed by atoms with E-state index in [1.165, 1.54) is 32.0 Å². The van der Waals surface area contributed by atoms with Gasteiger partial charge in [0.25, 0.3) is 5.91 Å². The Hall–Kier alpha value is -2.00. The van der Waals surface area contributed by atoms with Gasteiger partial charge in [0.05, 0.1) is 0 Å². The van der Waals surface area contributed by atoms with Crippen LogP contribution in [0.2, 0.25) is 0 Å². The molecule has 0 aromatic carbocycles. The highest BCUT2D eigenvalue weighted by molar-refractivity contribution is 5.90. The minimum Gasteiger partial charge on any atom is -0.339 e. The van der Waals surface area contributed by atoms with Gasteiger partial charge in [0.15, 0.2) is 0 Å². The fourth-order valence-electron chi connectivity index (χ4n) is 4.48. The van der Waals surface area contributed by atoms with Gasteiger partial charge in [-0.05, 0) is 25.2 Å². The smallest absolute Gasteiger partial charge is 0.291 e. The van der Waals surface area contributed by atoms with E-state index in [1.54, 1.807) is 4.90 Å². The van der Waals surface area contributed by atoms with E-state index in [9.17, 15) is 9.59 Å². The third-order valence-electron chi connectivity index (χ3n) is 6.00. The van der Waals surface area contributed by atoms with Crippen molar-refractivity contribution in [2.24, 2.45) is 5.92 Å². The van der Waals surface area contributed by atoms with Gasteiger partial charge in [-0.25, -0.2) is 4.98 Å². The van der Waals surface area contributed by atoms with E-state index in [1.807, 2.05) is 4.90 Å². The summed E-state index contributed by atoms with van der Waals surface area (Å²) in [5, 5.41) is 6.31. The molecule has 3 unspecified atom stereocenters. The first kappa shape index (κ1) is 17.4. The number of piperazine rings is 1. The molecule has 3 atom stereocenters. The van der Waals surface area contributed by atoms with Crippen molar-refractivity contribution >= 4 is 11.8 Å². The number of carbonyl (C=O) groups is 2. The standard InChI is InChI=1S/C17H27N7O2/c25-15(6-5-14-12-3-1-2-4-13(12)20-21-14)23-7-9-24(10-8-23)17(26)16-18-11-19-22-16/h11-14,20-21H,1-10H2,(H,18,19,22). The number of fused-ring (bicyclic) bond motifs is 1. The number of carbonyl (C=O) groups excluding carboxylic acids is 2. The number of nitrogens with zero attached hydrogens (tertiary/aromatic N) is 4. The van der Waals surface area contributed by atoms with Crippen LogP contribution in [0.5, 0.6) is 0 Å². The summed E-state index contributed by atoms with van der Waals surface area (Å²) < 4.78 is 0. The Morgan fingerprint density at radius 3 is 2.62 bits per heavy atom. The average molecular weight is 361 g/mol. The molecule has 3 aliphatic rings. The maximum Gasteiger partial charge on any atom is 0.291 e. The molecule has 0 radical (unpaired) electrons. The summed E-state index contributed by atoms with van der Waals surface area (Å²) in [5.41, 5.74) is 6.82. The Kier molecular flexibility index (Phi) is 5.16. The van der Waals surface area contributed by atoms with Crippen molar-refractivity contribution in [3.05, 3.63) is 12.2 Å². The van der Waals surface area contributed by atoms with Gasteiger partial charge < -0.3 is 9.80 Å². The van der Waals surface area contributed by atoms with Crippen molar-refractivity contribution < 1.29 is 9.59 Å². The van der Waals surface area contributed by atoms with Crippen LogP contribution in [-0.2, 0) is 4.79 Å². The Labute approximate surface area is 152 Å². The maximum atomic E-state index is 12.6. The number of nitrogens with one attached hydrogen (secondary N) is 3. The molecule has 4 rings (SSSR count). The number of aromatic amines is 1. The highest BCUT2D eigenvalue weighted by Crippen LogP contribution is 2.31. The molecule has 2 saturated heterocycles. The fraction of sp³-hybridized carbons (Fsp3) is 0.765. The number of aromatic nitrogens is 3. The zero-order chi connectivity index (χ0) is 17.9. The second-order valence-electron chi connectivity index (χ2n) is 7.50. The Morgan fingerprint density at radius 1 is 1.08 bits per heavy atom. The first-order valence-corrected chi connectivity index (χ1v) is 9.66. The topological polar surface area (TPSA) is 106 Å². The summed E-state index contributed by atoms with van der Waals surface area (Å²) in [7, 11) is 0. The summed E-state index contributed by atoms with van der Waals surface area (Å²) in [4.78, 5) is 32.3. The van der Waals surface area contributed by atoms with Gasteiger partial charge in [-0.15, -0.1) is 0 Å². The molecule has 1 aliphatic carbocycles. The van der Waals surface area contributed by atoms with E-state index in [0.29, 0.717) is 50.6 Å². The molecule has 3 fully saturated rings. The first-order valence-electron chi connectivity index (χ1n) is 9.66. The molecule has 0 bridgehead atoms. The Balaban J connectivity index is 1.22. The minimum absolute atomic E-state index is 0.154. The van der Waals surface area contributed by atoms with Gasteiger partial charge in [-0.3, -0.25) is 25.5 Å². The zero-order valence-corrected chi connectivity index (χ0v) is 15.0. The quantitative estimate of drug-likeness (QED) is 0.692. The number of hydrazine groups is 1. The zero-order valence-electron chi connectivity index (χ0n) is 15.0. The normalized spacial score (nSPS) is 28.8. The lowest BCUT2D eigenvalue weighted by atomic mass is 9.80. The molecule has 142 valence electrons. The van der Waals surface area contributed by atoms with Crippen LogP contribution in [0.4, 0.5) is 0 Å². The highest BCUT2D eigenvalue weighted by atomic mass is 16.2. The van der Waals surface area contributed by atoms with Gasteiger partial charge in [0, 0.05) is 44.7 Å². The van der Waals surface area contributed by atoms with E-state index in [2.05, 4.69) is 26.0 Å². The van der Waals surface area contributed by atoms with Crippen LogP contribution in [0.3, 0.4) is 0 Å². The van der Waals surface area contributed by atoms with E-state index < -0.39 is 0 Å². The predicted molar refractivity (Wildman–Crippen MR) is 93.9 cm³/mol. The van der Waals surface area contributed by atoms with Gasteiger partial charge in [0.1, 0.15) is 6.33 Å². The van der Waals surface area contributed by atoms with Crippen molar-refractivity contribution in [3.8, 4) is 0 Å². The van der Waals surface area contributed by atoms with Gasteiger partial charge in [-0.2, -0.15) is 5.10 Å².